The standard InChI is InChI=1S/C23H17F3N6OS.2C2HF3O2/c24-14-2-1-11(16-12(7-27)22(28)34-21(14)16)15-13-9-30-32-5-3-10-8-29-4-6-31(10)23(33)17(20(13)32)19(26)18(15)25;2*3-2(4,5)1(6)7/h1-2,9-10,29H,3-6,8,28H2;2*(H,6,7)/t10-;;/m0../s1. The van der Waals surface area contributed by atoms with Crippen molar-refractivity contribution in [2.24, 2.45) is 0 Å². The second-order valence-corrected chi connectivity index (χ2v) is 11.1. The van der Waals surface area contributed by atoms with Gasteiger partial charge in [-0.2, -0.15) is 36.7 Å². The van der Waals surface area contributed by atoms with Crippen LogP contribution in [-0.2, 0) is 16.1 Å². The van der Waals surface area contributed by atoms with Gasteiger partial charge in [0.05, 0.1) is 22.0 Å². The van der Waals surface area contributed by atoms with Crippen molar-refractivity contribution in [2.75, 3.05) is 25.4 Å². The first-order chi connectivity index (χ1) is 22.3. The van der Waals surface area contributed by atoms with Crippen LogP contribution in [0.2, 0.25) is 0 Å². The van der Waals surface area contributed by atoms with Crippen LogP contribution in [0.4, 0.5) is 44.5 Å². The van der Waals surface area contributed by atoms with Crippen LogP contribution < -0.4 is 11.1 Å². The highest BCUT2D eigenvalue weighted by Crippen LogP contribution is 2.45. The number of hydrogen-bond acceptors (Lipinski definition) is 8. The molecule has 1 fully saturated rings. The molecule has 0 aliphatic carbocycles. The number of carboxylic acid groups (broad SMARTS) is 2. The summed E-state index contributed by atoms with van der Waals surface area (Å²) in [5.74, 6) is -9.24. The van der Waals surface area contributed by atoms with Gasteiger partial charge in [0.15, 0.2) is 11.6 Å². The number of thiophene rings is 1. The number of fused-ring (bicyclic) bond motifs is 2. The lowest BCUT2D eigenvalue weighted by Crippen LogP contribution is -2.54. The summed E-state index contributed by atoms with van der Waals surface area (Å²) in [6.07, 6.45) is -8.17. The van der Waals surface area contributed by atoms with Crippen LogP contribution in [0.3, 0.4) is 0 Å². The van der Waals surface area contributed by atoms with Gasteiger partial charge in [-0.1, -0.05) is 6.07 Å². The van der Waals surface area contributed by atoms with Gasteiger partial charge in [-0.15, -0.1) is 11.3 Å². The van der Waals surface area contributed by atoms with E-state index in [9.17, 15) is 40.8 Å². The van der Waals surface area contributed by atoms with E-state index in [0.717, 1.165) is 17.4 Å². The van der Waals surface area contributed by atoms with Gasteiger partial charge in [0.25, 0.3) is 5.91 Å². The number of anilines is 1. The van der Waals surface area contributed by atoms with Crippen molar-refractivity contribution in [3.05, 3.63) is 46.9 Å². The van der Waals surface area contributed by atoms with Gasteiger partial charge in [-0.3, -0.25) is 9.48 Å². The maximum atomic E-state index is 15.8. The highest BCUT2D eigenvalue weighted by Gasteiger charge is 2.39. The van der Waals surface area contributed by atoms with Crippen LogP contribution in [0.25, 0.3) is 32.1 Å². The van der Waals surface area contributed by atoms with E-state index in [1.54, 1.807) is 4.90 Å². The minimum absolute atomic E-state index is 0.000206. The molecule has 0 spiro atoms. The van der Waals surface area contributed by atoms with Crippen molar-refractivity contribution in [1.82, 2.24) is 20.0 Å². The van der Waals surface area contributed by atoms with Gasteiger partial charge in [0.2, 0.25) is 0 Å². The second-order valence-electron chi connectivity index (χ2n) is 10.0. The van der Waals surface area contributed by atoms with Crippen LogP contribution >= 0.6 is 11.3 Å². The smallest absolute Gasteiger partial charge is 0.475 e. The van der Waals surface area contributed by atoms with Crippen molar-refractivity contribution in [2.45, 2.75) is 31.4 Å². The number of aliphatic carboxylic acids is 2. The van der Waals surface area contributed by atoms with E-state index >= 15 is 8.78 Å². The molecular formula is C27H19F9N6O5S. The Balaban J connectivity index is 0.000000314. The van der Waals surface area contributed by atoms with Crippen molar-refractivity contribution in [3.8, 4) is 17.2 Å². The molecule has 2 aromatic carbocycles. The topological polar surface area (TPSA) is 175 Å². The molecule has 4 aromatic rings. The Morgan fingerprint density at radius 3 is 2.17 bits per heavy atom. The van der Waals surface area contributed by atoms with Crippen molar-refractivity contribution in [3.63, 3.8) is 0 Å². The maximum absolute atomic E-state index is 15.8. The van der Waals surface area contributed by atoms with Gasteiger partial charge >= 0.3 is 24.3 Å². The molecule has 6 rings (SSSR count). The summed E-state index contributed by atoms with van der Waals surface area (Å²) in [6.45, 7) is 1.93. The number of carbonyl (C=O) groups is 3. The fraction of sp³-hybridized carbons (Fsp3) is 0.296. The zero-order valence-corrected chi connectivity index (χ0v) is 24.5. The predicted octanol–water partition coefficient (Wildman–Crippen LogP) is 4.87. The van der Waals surface area contributed by atoms with Crippen LogP contribution in [0, 0.1) is 28.8 Å². The summed E-state index contributed by atoms with van der Waals surface area (Å²) in [6, 6.07) is 4.23. The number of alkyl halides is 6. The number of nitrogen functional groups attached to an aromatic ring is 1. The Morgan fingerprint density at radius 1 is 1.02 bits per heavy atom. The van der Waals surface area contributed by atoms with Gasteiger partial charge < -0.3 is 26.2 Å². The van der Waals surface area contributed by atoms with E-state index in [2.05, 4.69) is 10.4 Å². The van der Waals surface area contributed by atoms with E-state index in [-0.39, 0.29) is 54.3 Å². The van der Waals surface area contributed by atoms with Crippen LogP contribution in [0.15, 0.2) is 18.3 Å². The third kappa shape index (κ3) is 6.66. The summed E-state index contributed by atoms with van der Waals surface area (Å²) < 4.78 is 111. The highest BCUT2D eigenvalue weighted by molar-refractivity contribution is 7.23. The first-order valence-corrected chi connectivity index (χ1v) is 14.0. The van der Waals surface area contributed by atoms with Crippen molar-refractivity contribution in [1.29, 1.82) is 5.26 Å². The van der Waals surface area contributed by atoms with Gasteiger partial charge in [-0.25, -0.2) is 22.8 Å². The summed E-state index contributed by atoms with van der Waals surface area (Å²) >= 11 is 0.874. The summed E-state index contributed by atoms with van der Waals surface area (Å²) in [4.78, 5) is 32.8. The molecule has 0 bridgehead atoms. The first kappa shape index (κ1) is 35.7. The lowest BCUT2D eigenvalue weighted by atomic mass is 9.93. The molecule has 1 atom stereocenters. The Kier molecular flexibility index (Phi) is 9.82. The largest absolute Gasteiger partial charge is 0.490 e. The van der Waals surface area contributed by atoms with Gasteiger partial charge in [0.1, 0.15) is 22.5 Å². The minimum Gasteiger partial charge on any atom is -0.475 e. The van der Waals surface area contributed by atoms with Crippen molar-refractivity contribution < 1.29 is 64.1 Å². The van der Waals surface area contributed by atoms with Gasteiger partial charge in [-0.05, 0) is 18.1 Å². The summed E-state index contributed by atoms with van der Waals surface area (Å²) in [7, 11) is 0. The third-order valence-electron chi connectivity index (χ3n) is 7.16. The van der Waals surface area contributed by atoms with Crippen LogP contribution in [-0.4, -0.2) is 80.8 Å². The number of hydrogen-bond donors (Lipinski definition) is 4. The number of benzene rings is 2. The fourth-order valence-corrected chi connectivity index (χ4v) is 6.06. The van der Waals surface area contributed by atoms with Crippen molar-refractivity contribution >= 4 is 55.2 Å². The zero-order chi connectivity index (χ0) is 35.9. The van der Waals surface area contributed by atoms with Crippen LogP contribution in [0.1, 0.15) is 22.3 Å². The number of nitrogens with zero attached hydrogens (tertiary/aromatic N) is 4. The molecule has 0 unspecified atom stereocenters. The average Bonchev–Trinajstić information content (AvgIpc) is 3.57. The van der Waals surface area contributed by atoms with E-state index in [0.29, 0.717) is 32.6 Å². The maximum Gasteiger partial charge on any atom is 0.490 e. The SMILES string of the molecule is N#Cc1c(N)sc2c(F)ccc(-c3c(F)c(F)c4c5c3cnn5CC[C@H]3CNCCN3C4=O)c12.O=C(O)C(F)(F)F.O=C(O)C(F)(F)F. The lowest BCUT2D eigenvalue weighted by Gasteiger charge is -2.37. The predicted molar refractivity (Wildman–Crippen MR) is 149 cm³/mol. The molecule has 5 N–H and O–H groups in total. The molecule has 4 heterocycles. The number of amides is 1. The number of carboxylic acids is 2. The quantitative estimate of drug-likeness (QED) is 0.201. The molecule has 1 amide bonds. The number of halogens is 9. The monoisotopic (exact) mass is 710 g/mol. The number of rotatable bonds is 1. The fourth-order valence-electron chi connectivity index (χ4n) is 5.11. The Hall–Kier alpha value is -5.10. The molecule has 2 aromatic heterocycles. The molecule has 11 nitrogen and oxygen atoms in total. The zero-order valence-electron chi connectivity index (χ0n) is 23.6. The Morgan fingerprint density at radius 2 is 1.60 bits per heavy atom. The highest BCUT2D eigenvalue weighted by atomic mass is 32.1. The Bertz CT molecular complexity index is 1960. The van der Waals surface area contributed by atoms with E-state index in [1.165, 1.54) is 16.9 Å². The first-order valence-electron chi connectivity index (χ1n) is 13.2. The summed E-state index contributed by atoms with van der Waals surface area (Å²) in [5, 5.41) is 31.9. The van der Waals surface area contributed by atoms with E-state index in [1.807, 2.05) is 6.07 Å². The number of carbonyl (C=O) groups excluding carboxylic acids is 1. The molecular weight excluding hydrogens is 691 g/mol. The molecule has 2 aliphatic heterocycles. The van der Waals surface area contributed by atoms with Gasteiger partial charge in [0, 0.05) is 48.6 Å². The Labute approximate surface area is 265 Å². The molecule has 2 aliphatic rings. The third-order valence-corrected chi connectivity index (χ3v) is 8.19. The number of aromatic nitrogens is 2. The molecule has 0 radical (unpaired) electrons. The number of nitrogens with two attached hydrogens (primary N) is 1. The molecule has 0 saturated carbocycles. The van der Waals surface area contributed by atoms with Crippen LogP contribution in [0.5, 0.6) is 0 Å². The summed E-state index contributed by atoms with van der Waals surface area (Å²) in [5.41, 5.74) is 5.71. The normalized spacial score (nSPS) is 16.1. The number of nitrogens with one attached hydrogen (secondary N) is 1. The molecule has 256 valence electrons. The van der Waals surface area contributed by atoms with E-state index < -0.39 is 47.7 Å². The number of nitriles is 1. The number of piperazine rings is 1. The molecule has 48 heavy (non-hydrogen) atoms. The molecule has 21 heteroatoms. The average molecular weight is 711 g/mol. The van der Waals surface area contributed by atoms with E-state index in [4.69, 9.17) is 25.5 Å². The lowest BCUT2D eigenvalue weighted by molar-refractivity contribution is -0.193. The second kappa shape index (κ2) is 13.2. The molecule has 1 saturated heterocycles. The number of aryl methyl sites for hydroxylation is 1. The minimum atomic E-state index is -5.08.